The first kappa shape index (κ1) is 10.7. The highest BCUT2D eigenvalue weighted by atomic mass is 35.5. The van der Waals surface area contributed by atoms with Gasteiger partial charge in [0.15, 0.2) is 16.6 Å². The van der Waals surface area contributed by atoms with Crippen LogP contribution in [0.3, 0.4) is 0 Å². The lowest BCUT2D eigenvalue weighted by Gasteiger charge is -2.06. The number of rotatable bonds is 1. The summed E-state index contributed by atoms with van der Waals surface area (Å²) in [7, 11) is 1.49. The molecule has 2 rings (SSSR count). The first-order chi connectivity index (χ1) is 7.50. The first-order valence-corrected chi connectivity index (χ1v) is 4.86. The van der Waals surface area contributed by atoms with Gasteiger partial charge in [-0.2, -0.15) is 10.2 Å². The monoisotopic (exact) mass is 240 g/mol. The van der Waals surface area contributed by atoms with Crippen LogP contribution in [0.1, 0.15) is 5.69 Å². The molecule has 0 saturated heterocycles. The van der Waals surface area contributed by atoms with Crippen molar-refractivity contribution in [3.8, 4) is 11.4 Å². The molecule has 0 aliphatic heterocycles. The summed E-state index contributed by atoms with van der Waals surface area (Å²) in [5.41, 5.74) is 0.258. The van der Waals surface area contributed by atoms with Crippen LogP contribution in [0, 0.1) is 6.92 Å². The molecule has 0 unspecified atom stereocenters. The Balaban J connectivity index is 2.78. The SMILES string of the molecule is Cc1cc(Cl)nn1-c1c(O)cnn(C)c1=O. The van der Waals surface area contributed by atoms with Gasteiger partial charge in [0, 0.05) is 12.7 Å². The molecule has 0 aliphatic carbocycles. The van der Waals surface area contributed by atoms with E-state index in [4.69, 9.17) is 11.6 Å². The van der Waals surface area contributed by atoms with Gasteiger partial charge in [-0.15, -0.1) is 0 Å². The zero-order valence-corrected chi connectivity index (χ0v) is 9.43. The molecule has 0 amide bonds. The van der Waals surface area contributed by atoms with E-state index in [1.54, 1.807) is 13.0 Å². The third-order valence-corrected chi connectivity index (χ3v) is 2.35. The highest BCUT2D eigenvalue weighted by Crippen LogP contribution is 2.18. The largest absolute Gasteiger partial charge is 0.504 e. The molecule has 84 valence electrons. The van der Waals surface area contributed by atoms with E-state index in [9.17, 15) is 9.90 Å². The average molecular weight is 241 g/mol. The van der Waals surface area contributed by atoms with Crippen molar-refractivity contribution in [3.63, 3.8) is 0 Å². The Morgan fingerprint density at radius 3 is 2.75 bits per heavy atom. The number of halogens is 1. The van der Waals surface area contributed by atoms with Gasteiger partial charge in [-0.3, -0.25) is 4.79 Å². The minimum atomic E-state index is -0.442. The fourth-order valence-electron chi connectivity index (χ4n) is 1.38. The molecule has 2 aromatic heterocycles. The Morgan fingerprint density at radius 2 is 2.19 bits per heavy atom. The number of aromatic hydroxyl groups is 1. The van der Waals surface area contributed by atoms with Crippen LogP contribution in [0.25, 0.3) is 5.69 Å². The van der Waals surface area contributed by atoms with Crippen LogP contribution in [0.4, 0.5) is 0 Å². The summed E-state index contributed by atoms with van der Waals surface area (Å²) in [5.74, 6) is -0.231. The summed E-state index contributed by atoms with van der Waals surface area (Å²) in [6.45, 7) is 1.73. The maximum atomic E-state index is 11.8. The van der Waals surface area contributed by atoms with Crippen LogP contribution in [-0.4, -0.2) is 24.7 Å². The van der Waals surface area contributed by atoms with Crippen molar-refractivity contribution in [3.05, 3.63) is 33.5 Å². The zero-order chi connectivity index (χ0) is 11.9. The third kappa shape index (κ3) is 1.57. The second-order valence-corrected chi connectivity index (χ2v) is 3.71. The normalized spacial score (nSPS) is 10.7. The van der Waals surface area contributed by atoms with Crippen molar-refractivity contribution in [1.29, 1.82) is 0 Å². The Labute approximate surface area is 95.7 Å². The lowest BCUT2D eigenvalue weighted by Crippen LogP contribution is -2.24. The molecular formula is C9H9ClN4O2. The van der Waals surface area contributed by atoms with Crippen molar-refractivity contribution < 1.29 is 5.11 Å². The van der Waals surface area contributed by atoms with Gasteiger partial charge in [0.2, 0.25) is 0 Å². The van der Waals surface area contributed by atoms with Crippen molar-refractivity contribution >= 4 is 11.6 Å². The Kier molecular flexibility index (Phi) is 2.43. The Bertz CT molecular complexity index is 602. The Morgan fingerprint density at radius 1 is 1.50 bits per heavy atom. The summed E-state index contributed by atoms with van der Waals surface area (Å²) < 4.78 is 2.41. The molecule has 16 heavy (non-hydrogen) atoms. The predicted molar refractivity (Wildman–Crippen MR) is 58.0 cm³/mol. The molecule has 7 heteroatoms. The molecule has 0 spiro atoms. The van der Waals surface area contributed by atoms with Crippen LogP contribution < -0.4 is 5.56 Å². The standard InChI is InChI=1S/C9H9ClN4O2/c1-5-3-7(10)12-14(5)8-6(15)4-11-13(2)9(8)16/h3-4,15H,1-2H3. The second-order valence-electron chi connectivity index (χ2n) is 3.33. The molecule has 6 nitrogen and oxygen atoms in total. The van der Waals surface area contributed by atoms with Gasteiger partial charge in [0.1, 0.15) is 0 Å². The van der Waals surface area contributed by atoms with Gasteiger partial charge < -0.3 is 5.11 Å². The van der Waals surface area contributed by atoms with Gasteiger partial charge in [0.25, 0.3) is 5.56 Å². The molecule has 0 fully saturated rings. The summed E-state index contributed by atoms with van der Waals surface area (Å²) in [6, 6.07) is 1.60. The molecule has 1 N–H and O–H groups in total. The molecule has 0 radical (unpaired) electrons. The van der Waals surface area contributed by atoms with E-state index >= 15 is 0 Å². The van der Waals surface area contributed by atoms with E-state index in [-0.39, 0.29) is 16.6 Å². The number of hydrogen-bond acceptors (Lipinski definition) is 4. The van der Waals surface area contributed by atoms with Crippen LogP contribution >= 0.6 is 11.6 Å². The van der Waals surface area contributed by atoms with E-state index in [1.807, 2.05) is 0 Å². The molecule has 0 atom stereocenters. The summed E-state index contributed by atoms with van der Waals surface area (Å²) >= 11 is 5.72. The van der Waals surface area contributed by atoms with Crippen molar-refractivity contribution in [2.45, 2.75) is 6.92 Å². The molecule has 0 saturated carbocycles. The van der Waals surface area contributed by atoms with E-state index < -0.39 is 5.56 Å². The van der Waals surface area contributed by atoms with Crippen molar-refractivity contribution in [1.82, 2.24) is 19.6 Å². The number of nitrogens with zero attached hydrogens (tertiary/aromatic N) is 4. The number of aryl methyl sites for hydroxylation is 2. The minimum Gasteiger partial charge on any atom is -0.504 e. The smallest absolute Gasteiger partial charge is 0.296 e. The summed E-state index contributed by atoms with van der Waals surface area (Å²) in [4.78, 5) is 11.8. The Hall–Kier alpha value is -1.82. The summed E-state index contributed by atoms with van der Waals surface area (Å²) in [6.07, 6.45) is 1.19. The topological polar surface area (TPSA) is 72.9 Å². The van der Waals surface area contributed by atoms with E-state index in [1.165, 1.54) is 17.9 Å². The van der Waals surface area contributed by atoms with Crippen molar-refractivity contribution in [2.75, 3.05) is 0 Å². The van der Waals surface area contributed by atoms with E-state index in [0.717, 1.165) is 4.68 Å². The van der Waals surface area contributed by atoms with Gasteiger partial charge >= 0.3 is 0 Å². The number of aromatic nitrogens is 4. The van der Waals surface area contributed by atoms with Gasteiger partial charge in [0.05, 0.1) is 6.20 Å². The van der Waals surface area contributed by atoms with Gasteiger partial charge in [-0.25, -0.2) is 9.36 Å². The average Bonchev–Trinajstić information content (AvgIpc) is 2.53. The predicted octanol–water partition coefficient (Wildman–Crippen LogP) is 0.633. The third-order valence-electron chi connectivity index (χ3n) is 2.16. The molecule has 0 aliphatic rings. The van der Waals surface area contributed by atoms with E-state index in [0.29, 0.717) is 5.69 Å². The summed E-state index contributed by atoms with van der Waals surface area (Å²) in [5, 5.41) is 17.5. The van der Waals surface area contributed by atoms with E-state index in [2.05, 4.69) is 10.2 Å². The molecule has 0 bridgehead atoms. The zero-order valence-electron chi connectivity index (χ0n) is 8.68. The lowest BCUT2D eigenvalue weighted by molar-refractivity contribution is 0.458. The van der Waals surface area contributed by atoms with Crippen LogP contribution in [-0.2, 0) is 7.05 Å². The fourth-order valence-corrected chi connectivity index (χ4v) is 1.61. The maximum Gasteiger partial charge on any atom is 0.296 e. The van der Waals surface area contributed by atoms with Crippen LogP contribution in [0.2, 0.25) is 5.15 Å². The quantitative estimate of drug-likeness (QED) is 0.794. The number of hydrogen-bond donors (Lipinski definition) is 1. The fraction of sp³-hybridized carbons (Fsp3) is 0.222. The minimum absolute atomic E-state index is 0.0434. The highest BCUT2D eigenvalue weighted by molar-refractivity contribution is 6.29. The molecule has 2 heterocycles. The lowest BCUT2D eigenvalue weighted by atomic mass is 10.4. The van der Waals surface area contributed by atoms with Crippen LogP contribution in [0.5, 0.6) is 5.75 Å². The van der Waals surface area contributed by atoms with Gasteiger partial charge in [-0.05, 0) is 13.0 Å². The molecular weight excluding hydrogens is 232 g/mol. The van der Waals surface area contributed by atoms with Crippen molar-refractivity contribution in [2.24, 2.45) is 7.05 Å². The maximum absolute atomic E-state index is 11.8. The van der Waals surface area contributed by atoms with Crippen LogP contribution in [0.15, 0.2) is 17.1 Å². The first-order valence-electron chi connectivity index (χ1n) is 4.48. The highest BCUT2D eigenvalue weighted by Gasteiger charge is 2.14. The molecule has 2 aromatic rings. The second kappa shape index (κ2) is 3.64. The van der Waals surface area contributed by atoms with Gasteiger partial charge in [-0.1, -0.05) is 11.6 Å². The molecule has 0 aromatic carbocycles.